The van der Waals surface area contributed by atoms with Crippen LogP contribution in [0.4, 0.5) is 18.9 Å². The second-order valence-electron chi connectivity index (χ2n) is 7.29. The molecule has 1 unspecified atom stereocenters. The van der Waals surface area contributed by atoms with Gasteiger partial charge < -0.3 is 14.8 Å². The molecular formula is C21H23F3N2O5S. The highest BCUT2D eigenvalue weighted by Crippen LogP contribution is 2.33. The molecule has 2 aromatic carbocycles. The Balaban J connectivity index is 1.75. The molecule has 1 aliphatic rings. The van der Waals surface area contributed by atoms with Crippen molar-refractivity contribution >= 4 is 21.6 Å². The van der Waals surface area contributed by atoms with Crippen LogP contribution < -0.4 is 14.8 Å². The summed E-state index contributed by atoms with van der Waals surface area (Å²) in [4.78, 5) is 12.7. The molecule has 1 heterocycles. The van der Waals surface area contributed by atoms with Crippen LogP contribution in [0.1, 0.15) is 18.4 Å². The second-order valence-corrected chi connectivity index (χ2v) is 9.22. The number of alkyl halides is 3. The lowest BCUT2D eigenvalue weighted by atomic mass is 9.98. The Morgan fingerprint density at radius 3 is 2.47 bits per heavy atom. The van der Waals surface area contributed by atoms with E-state index in [4.69, 9.17) is 9.47 Å². The van der Waals surface area contributed by atoms with Crippen LogP contribution in [-0.2, 0) is 21.0 Å². The van der Waals surface area contributed by atoms with Crippen molar-refractivity contribution in [2.75, 3.05) is 32.6 Å². The summed E-state index contributed by atoms with van der Waals surface area (Å²) in [6.07, 6.45) is -3.67. The molecule has 1 amide bonds. The van der Waals surface area contributed by atoms with Gasteiger partial charge in [0.05, 0.1) is 30.6 Å². The van der Waals surface area contributed by atoms with Crippen molar-refractivity contribution in [1.29, 1.82) is 0 Å². The van der Waals surface area contributed by atoms with Crippen LogP contribution in [0.15, 0.2) is 47.4 Å². The number of carbonyl (C=O) groups is 1. The minimum Gasteiger partial charge on any atom is -0.493 e. The predicted molar refractivity (Wildman–Crippen MR) is 111 cm³/mol. The van der Waals surface area contributed by atoms with E-state index in [1.165, 1.54) is 48.9 Å². The maximum atomic E-state index is 13.1. The third-order valence-electron chi connectivity index (χ3n) is 5.21. The van der Waals surface area contributed by atoms with E-state index < -0.39 is 33.6 Å². The second kappa shape index (κ2) is 9.37. The number of anilines is 1. The van der Waals surface area contributed by atoms with Crippen LogP contribution in [-0.4, -0.2) is 45.9 Å². The third kappa shape index (κ3) is 5.16. The largest absolute Gasteiger partial charge is 0.493 e. The maximum Gasteiger partial charge on any atom is 0.416 e. The molecule has 2 aromatic rings. The Labute approximate surface area is 184 Å². The number of hydrogen-bond donors (Lipinski definition) is 1. The third-order valence-corrected chi connectivity index (χ3v) is 7.07. The molecule has 0 aromatic heterocycles. The first kappa shape index (κ1) is 23.9. The number of nitrogens with one attached hydrogen (secondary N) is 1. The first-order chi connectivity index (χ1) is 15.1. The Morgan fingerprint density at radius 2 is 1.81 bits per heavy atom. The van der Waals surface area contributed by atoms with Gasteiger partial charge in [0.1, 0.15) is 0 Å². The summed E-state index contributed by atoms with van der Waals surface area (Å²) in [7, 11) is -1.09. The van der Waals surface area contributed by atoms with Crippen molar-refractivity contribution in [3.8, 4) is 11.5 Å². The minimum atomic E-state index is -4.53. The molecule has 1 saturated heterocycles. The summed E-state index contributed by atoms with van der Waals surface area (Å²) in [5, 5.41) is 2.47. The van der Waals surface area contributed by atoms with E-state index in [1.807, 2.05) is 0 Å². The van der Waals surface area contributed by atoms with E-state index in [9.17, 15) is 26.4 Å². The first-order valence-electron chi connectivity index (χ1n) is 9.76. The maximum absolute atomic E-state index is 13.1. The molecule has 1 aliphatic heterocycles. The van der Waals surface area contributed by atoms with Crippen LogP contribution >= 0.6 is 0 Å². The van der Waals surface area contributed by atoms with E-state index in [2.05, 4.69) is 5.32 Å². The highest BCUT2D eigenvalue weighted by Gasteiger charge is 2.34. The van der Waals surface area contributed by atoms with Gasteiger partial charge in [-0.2, -0.15) is 17.5 Å². The van der Waals surface area contributed by atoms with Crippen LogP contribution in [0.2, 0.25) is 0 Å². The number of amides is 1. The summed E-state index contributed by atoms with van der Waals surface area (Å²) < 4.78 is 76.4. The predicted octanol–water partition coefficient (Wildman–Crippen LogP) is 3.76. The van der Waals surface area contributed by atoms with Gasteiger partial charge in [-0.1, -0.05) is 6.07 Å². The van der Waals surface area contributed by atoms with Crippen molar-refractivity contribution in [2.45, 2.75) is 23.9 Å². The quantitative estimate of drug-likeness (QED) is 0.692. The number of benzene rings is 2. The number of sulfonamides is 1. The number of methoxy groups -OCH3 is 2. The fraction of sp³-hybridized carbons (Fsp3) is 0.381. The molecule has 1 N–H and O–H groups in total. The van der Waals surface area contributed by atoms with E-state index in [0.717, 1.165) is 12.1 Å². The van der Waals surface area contributed by atoms with Crippen LogP contribution in [0.3, 0.4) is 0 Å². The molecule has 0 bridgehead atoms. The summed E-state index contributed by atoms with van der Waals surface area (Å²) in [6.45, 7) is 0.144. The molecule has 0 aliphatic carbocycles. The standard InChI is InChI=1S/C21H23F3N2O5S/c1-30-18-9-8-17(12-19(18)31-2)32(28,29)26-10-4-5-14(13-26)20(27)25-16-7-3-6-15(11-16)21(22,23)24/h3,6-9,11-12,14H,4-5,10,13H2,1-2H3,(H,25,27). The summed E-state index contributed by atoms with van der Waals surface area (Å²) >= 11 is 0. The number of halogens is 3. The molecule has 0 spiro atoms. The van der Waals surface area contributed by atoms with E-state index >= 15 is 0 Å². The van der Waals surface area contributed by atoms with Gasteiger partial charge in [-0.05, 0) is 43.2 Å². The van der Waals surface area contributed by atoms with Crippen molar-refractivity contribution < 1.29 is 35.9 Å². The lowest BCUT2D eigenvalue weighted by molar-refractivity contribution is -0.137. The fourth-order valence-corrected chi connectivity index (χ4v) is 5.06. The number of ether oxygens (including phenoxy) is 2. The minimum absolute atomic E-state index is 0.00435. The molecular weight excluding hydrogens is 449 g/mol. The van der Waals surface area contributed by atoms with Gasteiger partial charge in [-0.25, -0.2) is 8.42 Å². The molecule has 0 radical (unpaired) electrons. The average Bonchev–Trinajstić information content (AvgIpc) is 2.78. The van der Waals surface area contributed by atoms with Crippen LogP contribution in [0, 0.1) is 5.92 Å². The van der Waals surface area contributed by atoms with Gasteiger partial charge in [0.15, 0.2) is 11.5 Å². The number of hydrogen-bond acceptors (Lipinski definition) is 5. The van der Waals surface area contributed by atoms with Crippen LogP contribution in [0.25, 0.3) is 0 Å². The Kier molecular flexibility index (Phi) is 6.99. The molecule has 7 nitrogen and oxygen atoms in total. The summed E-state index contributed by atoms with van der Waals surface area (Å²) in [5.74, 6) is -0.599. The number of carbonyl (C=O) groups excluding carboxylic acids is 1. The molecule has 1 fully saturated rings. The summed E-state index contributed by atoms with van der Waals surface area (Å²) in [6, 6.07) is 8.53. The lowest BCUT2D eigenvalue weighted by Gasteiger charge is -2.31. The topological polar surface area (TPSA) is 84.9 Å². The van der Waals surface area contributed by atoms with Crippen molar-refractivity contribution in [3.63, 3.8) is 0 Å². The molecule has 11 heteroatoms. The fourth-order valence-electron chi connectivity index (χ4n) is 3.52. The van der Waals surface area contributed by atoms with Gasteiger partial charge in [0, 0.05) is 24.8 Å². The Bertz CT molecular complexity index is 1090. The van der Waals surface area contributed by atoms with Crippen molar-refractivity contribution in [3.05, 3.63) is 48.0 Å². The van der Waals surface area contributed by atoms with Gasteiger partial charge in [-0.3, -0.25) is 4.79 Å². The van der Waals surface area contributed by atoms with E-state index in [0.29, 0.717) is 18.6 Å². The van der Waals surface area contributed by atoms with Gasteiger partial charge in [-0.15, -0.1) is 0 Å². The van der Waals surface area contributed by atoms with Crippen molar-refractivity contribution in [2.24, 2.45) is 5.92 Å². The highest BCUT2D eigenvalue weighted by atomic mass is 32.2. The first-order valence-corrected chi connectivity index (χ1v) is 11.2. The average molecular weight is 472 g/mol. The highest BCUT2D eigenvalue weighted by molar-refractivity contribution is 7.89. The Morgan fingerprint density at radius 1 is 1.09 bits per heavy atom. The molecule has 32 heavy (non-hydrogen) atoms. The van der Waals surface area contributed by atoms with Gasteiger partial charge >= 0.3 is 6.18 Å². The number of piperidine rings is 1. The molecule has 3 rings (SSSR count). The van der Waals surface area contributed by atoms with Gasteiger partial charge in [0.2, 0.25) is 15.9 Å². The zero-order valence-electron chi connectivity index (χ0n) is 17.5. The molecule has 1 atom stereocenters. The zero-order valence-corrected chi connectivity index (χ0v) is 18.3. The van der Waals surface area contributed by atoms with E-state index in [-0.39, 0.29) is 29.4 Å². The molecule has 0 saturated carbocycles. The number of rotatable bonds is 6. The van der Waals surface area contributed by atoms with E-state index in [1.54, 1.807) is 0 Å². The SMILES string of the molecule is COc1ccc(S(=O)(=O)N2CCCC(C(=O)Nc3cccc(C(F)(F)F)c3)C2)cc1OC. The Hall–Kier alpha value is -2.79. The monoisotopic (exact) mass is 472 g/mol. The summed E-state index contributed by atoms with van der Waals surface area (Å²) in [5.41, 5.74) is -0.874. The number of nitrogens with zero attached hydrogens (tertiary/aromatic N) is 1. The van der Waals surface area contributed by atoms with Crippen LogP contribution in [0.5, 0.6) is 11.5 Å². The van der Waals surface area contributed by atoms with Gasteiger partial charge in [0.25, 0.3) is 0 Å². The normalized spacial score (nSPS) is 17.6. The zero-order chi connectivity index (χ0) is 23.5. The smallest absolute Gasteiger partial charge is 0.416 e. The van der Waals surface area contributed by atoms with Crippen molar-refractivity contribution in [1.82, 2.24) is 4.31 Å². The lowest BCUT2D eigenvalue weighted by Crippen LogP contribution is -2.43. The molecule has 174 valence electrons.